The lowest BCUT2D eigenvalue weighted by Gasteiger charge is -2.12. The highest BCUT2D eigenvalue weighted by atomic mass is 16.1. The maximum atomic E-state index is 8.81. The molecule has 1 aromatic rings. The van der Waals surface area contributed by atoms with Gasteiger partial charge in [0.05, 0.1) is 17.6 Å². The molecule has 0 amide bonds. The fraction of sp³-hybridized carbons (Fsp3) is 0.0909. The Morgan fingerprint density at radius 3 is 2.79 bits per heavy atom. The van der Waals surface area contributed by atoms with E-state index < -0.39 is 0 Å². The molecule has 0 saturated heterocycles. The van der Waals surface area contributed by atoms with Crippen LogP contribution in [0.2, 0.25) is 0 Å². The molecule has 72 valence electrons. The second-order valence-corrected chi connectivity index (χ2v) is 2.66. The van der Waals surface area contributed by atoms with E-state index in [9.17, 15) is 0 Å². The summed E-state index contributed by atoms with van der Waals surface area (Å²) in [5.41, 5.74) is 2.84. The number of rotatable bonds is 0. The first-order chi connectivity index (χ1) is 6.77. The normalized spacial score (nSPS) is 11.9. The highest BCUT2D eigenvalue weighted by Crippen LogP contribution is 2.27. The predicted octanol–water partition coefficient (Wildman–Crippen LogP) is 2.53. The van der Waals surface area contributed by atoms with Crippen molar-refractivity contribution in [3.05, 3.63) is 36.5 Å². The van der Waals surface area contributed by atoms with E-state index >= 15 is 0 Å². The number of carbonyl (C=O) groups excluding carboxylic acids is 1. The Hall–Kier alpha value is -1.90. The van der Waals surface area contributed by atoms with Gasteiger partial charge in [0.25, 0.3) is 0 Å². The van der Waals surface area contributed by atoms with Crippen LogP contribution in [-0.4, -0.2) is 12.5 Å². The first kappa shape index (κ1) is 10.2. The Balaban J connectivity index is 0.000000293. The molecule has 0 aliphatic carbocycles. The second kappa shape index (κ2) is 4.97. The maximum absolute atomic E-state index is 8.81. The van der Waals surface area contributed by atoms with Crippen molar-refractivity contribution >= 4 is 23.9 Å². The molecule has 1 aliphatic rings. The Morgan fingerprint density at radius 1 is 1.43 bits per heavy atom. The van der Waals surface area contributed by atoms with Crippen molar-refractivity contribution in [1.82, 2.24) is 0 Å². The van der Waals surface area contributed by atoms with Gasteiger partial charge in [-0.15, -0.1) is 0 Å². The third kappa shape index (κ3) is 2.55. The third-order valence-corrected chi connectivity index (χ3v) is 1.56. The molecule has 0 radical (unpaired) electrons. The second-order valence-electron chi connectivity index (χ2n) is 2.66. The highest BCUT2D eigenvalue weighted by molar-refractivity contribution is 5.91. The lowest BCUT2D eigenvalue weighted by Crippen LogP contribution is -2.02. The summed E-state index contributed by atoms with van der Waals surface area (Å²) in [6.07, 6.45) is 2.47. The van der Waals surface area contributed by atoms with Gasteiger partial charge in [-0.2, -0.15) is 0 Å². The topological polar surface area (TPSA) is 41.5 Å². The SMILES string of the molecule is C=C1C=Nc2ccccc2N1.CC=O. The maximum Gasteiger partial charge on any atom is 0.116 e. The number of benzene rings is 1. The highest BCUT2D eigenvalue weighted by Gasteiger charge is 2.03. The van der Waals surface area contributed by atoms with Gasteiger partial charge in [-0.3, -0.25) is 4.99 Å². The average molecular weight is 188 g/mol. The van der Waals surface area contributed by atoms with E-state index in [1.165, 1.54) is 6.92 Å². The van der Waals surface area contributed by atoms with E-state index in [1.807, 2.05) is 24.3 Å². The molecule has 0 fully saturated rings. The van der Waals surface area contributed by atoms with Gasteiger partial charge in [0, 0.05) is 5.70 Å². The minimum absolute atomic E-state index is 0.750. The first-order valence-electron chi connectivity index (χ1n) is 4.26. The summed E-state index contributed by atoms with van der Waals surface area (Å²) in [5, 5.41) is 3.12. The molecule has 1 N–H and O–H groups in total. The van der Waals surface area contributed by atoms with Crippen molar-refractivity contribution in [2.75, 3.05) is 5.32 Å². The molecule has 2 rings (SSSR count). The third-order valence-electron chi connectivity index (χ3n) is 1.56. The fourth-order valence-electron chi connectivity index (χ4n) is 1.04. The summed E-state index contributed by atoms with van der Waals surface area (Å²) in [6, 6.07) is 7.88. The summed E-state index contributed by atoms with van der Waals surface area (Å²) >= 11 is 0. The lowest BCUT2D eigenvalue weighted by atomic mass is 10.2. The summed E-state index contributed by atoms with van der Waals surface area (Å²) in [4.78, 5) is 13.0. The Bertz CT molecular complexity index is 369. The number of para-hydroxylation sites is 2. The van der Waals surface area contributed by atoms with Crippen LogP contribution in [0.15, 0.2) is 41.5 Å². The molecule has 0 bridgehead atoms. The van der Waals surface area contributed by atoms with E-state index in [0.717, 1.165) is 23.4 Å². The zero-order valence-corrected chi connectivity index (χ0v) is 8.03. The van der Waals surface area contributed by atoms with Crippen molar-refractivity contribution in [1.29, 1.82) is 0 Å². The standard InChI is InChI=1S/C9H8N2.C2H4O/c1-7-6-10-8-4-2-3-5-9(8)11-7;1-2-3/h2-6,11H,1H2;2H,1H3. The summed E-state index contributed by atoms with van der Waals surface area (Å²) < 4.78 is 0. The zero-order chi connectivity index (χ0) is 10.4. The molecule has 0 unspecified atom stereocenters. The monoisotopic (exact) mass is 188 g/mol. The predicted molar refractivity (Wildman–Crippen MR) is 59.1 cm³/mol. The molecule has 1 aromatic carbocycles. The van der Waals surface area contributed by atoms with Crippen LogP contribution >= 0.6 is 0 Å². The van der Waals surface area contributed by atoms with Gasteiger partial charge in [0.2, 0.25) is 0 Å². The van der Waals surface area contributed by atoms with Gasteiger partial charge >= 0.3 is 0 Å². The van der Waals surface area contributed by atoms with E-state index in [2.05, 4.69) is 16.9 Å². The van der Waals surface area contributed by atoms with Gasteiger partial charge in [0.15, 0.2) is 0 Å². The number of nitrogens with zero attached hydrogens (tertiary/aromatic N) is 1. The lowest BCUT2D eigenvalue weighted by molar-refractivity contribution is -0.106. The molecule has 3 nitrogen and oxygen atoms in total. The number of carbonyl (C=O) groups is 1. The number of anilines is 1. The van der Waals surface area contributed by atoms with E-state index in [-0.39, 0.29) is 0 Å². The molecule has 14 heavy (non-hydrogen) atoms. The largest absolute Gasteiger partial charge is 0.353 e. The Labute approximate surface area is 83.2 Å². The number of allylic oxidation sites excluding steroid dienone is 1. The van der Waals surface area contributed by atoms with Crippen LogP contribution in [-0.2, 0) is 4.79 Å². The van der Waals surface area contributed by atoms with Crippen LogP contribution in [0.3, 0.4) is 0 Å². The molecule has 1 heterocycles. The average Bonchev–Trinajstić information content (AvgIpc) is 2.19. The Kier molecular flexibility index (Phi) is 3.61. The number of hydrogen-bond donors (Lipinski definition) is 1. The van der Waals surface area contributed by atoms with Gasteiger partial charge in [-0.1, -0.05) is 18.7 Å². The number of nitrogens with one attached hydrogen (secondary N) is 1. The minimum atomic E-state index is 0.750. The molecule has 0 atom stereocenters. The number of hydrogen-bond acceptors (Lipinski definition) is 3. The number of aldehydes is 1. The van der Waals surface area contributed by atoms with Crippen molar-refractivity contribution in [2.24, 2.45) is 4.99 Å². The summed E-state index contributed by atoms with van der Waals surface area (Å²) in [5.74, 6) is 0. The molecule has 1 aliphatic heterocycles. The van der Waals surface area contributed by atoms with Crippen LogP contribution in [0.5, 0.6) is 0 Å². The fourth-order valence-corrected chi connectivity index (χ4v) is 1.04. The van der Waals surface area contributed by atoms with Crippen molar-refractivity contribution in [3.63, 3.8) is 0 Å². The quantitative estimate of drug-likeness (QED) is 0.635. The van der Waals surface area contributed by atoms with Crippen LogP contribution in [0.4, 0.5) is 11.4 Å². The molecule has 0 saturated carbocycles. The van der Waals surface area contributed by atoms with Crippen LogP contribution in [0, 0.1) is 0 Å². The first-order valence-corrected chi connectivity index (χ1v) is 4.26. The van der Waals surface area contributed by atoms with Gasteiger partial charge < -0.3 is 10.1 Å². The molecular formula is C11H12N2O. The van der Waals surface area contributed by atoms with Crippen molar-refractivity contribution < 1.29 is 4.79 Å². The van der Waals surface area contributed by atoms with E-state index in [4.69, 9.17) is 4.79 Å². The van der Waals surface area contributed by atoms with E-state index in [0.29, 0.717) is 0 Å². The minimum Gasteiger partial charge on any atom is -0.353 e. The van der Waals surface area contributed by atoms with Crippen molar-refractivity contribution in [3.8, 4) is 0 Å². The number of fused-ring (bicyclic) bond motifs is 1. The van der Waals surface area contributed by atoms with Crippen LogP contribution in [0.25, 0.3) is 0 Å². The zero-order valence-electron chi connectivity index (χ0n) is 8.03. The van der Waals surface area contributed by atoms with Gasteiger partial charge in [-0.25, -0.2) is 0 Å². The van der Waals surface area contributed by atoms with Gasteiger partial charge in [-0.05, 0) is 19.1 Å². The molecular weight excluding hydrogens is 176 g/mol. The summed E-state index contributed by atoms with van der Waals surface area (Å²) in [6.45, 7) is 5.20. The van der Waals surface area contributed by atoms with E-state index in [1.54, 1.807) is 6.21 Å². The Morgan fingerprint density at radius 2 is 2.07 bits per heavy atom. The van der Waals surface area contributed by atoms with Crippen LogP contribution in [0.1, 0.15) is 6.92 Å². The molecule has 0 spiro atoms. The molecule has 0 aromatic heterocycles. The summed E-state index contributed by atoms with van der Waals surface area (Å²) in [7, 11) is 0. The van der Waals surface area contributed by atoms with Crippen molar-refractivity contribution in [2.45, 2.75) is 6.92 Å². The van der Waals surface area contributed by atoms with Gasteiger partial charge in [0.1, 0.15) is 6.29 Å². The number of aliphatic imine (C=N–C) groups is 1. The van der Waals surface area contributed by atoms with Crippen LogP contribution < -0.4 is 5.32 Å². The smallest absolute Gasteiger partial charge is 0.116 e. The molecule has 3 heteroatoms.